The molecule has 4 N–H and O–H groups in total. The average molecular weight is 216 g/mol. The monoisotopic (exact) mass is 216 g/mol. The van der Waals surface area contributed by atoms with E-state index in [2.05, 4.69) is 9.98 Å². The van der Waals surface area contributed by atoms with Crippen molar-refractivity contribution < 1.29 is 0 Å². The third kappa shape index (κ3) is 2.59. The molecule has 4 nitrogen and oxygen atoms in total. The molecule has 16 heavy (non-hydrogen) atoms. The standard InChI is InChI=1S/C12H16N4/c13-11-4-2-1-3-9(11)8-16-10-5-6-15-12(14)7-10/h5-8H,1-4,13H2,(H2,14,15). The van der Waals surface area contributed by atoms with Gasteiger partial charge in [-0.25, -0.2) is 4.98 Å². The van der Waals surface area contributed by atoms with Crippen molar-refractivity contribution in [2.45, 2.75) is 25.7 Å². The van der Waals surface area contributed by atoms with E-state index in [-0.39, 0.29) is 0 Å². The molecule has 0 atom stereocenters. The van der Waals surface area contributed by atoms with Crippen molar-refractivity contribution in [2.24, 2.45) is 10.7 Å². The van der Waals surface area contributed by atoms with E-state index < -0.39 is 0 Å². The number of aliphatic imine (C=N–C) groups is 1. The predicted octanol–water partition coefficient (Wildman–Crippen LogP) is 2.15. The summed E-state index contributed by atoms with van der Waals surface area (Å²) < 4.78 is 0. The Labute approximate surface area is 95.1 Å². The quantitative estimate of drug-likeness (QED) is 0.743. The van der Waals surface area contributed by atoms with Gasteiger partial charge in [0.25, 0.3) is 0 Å². The van der Waals surface area contributed by atoms with Crippen molar-refractivity contribution in [1.82, 2.24) is 4.98 Å². The molecule has 0 unspecified atom stereocenters. The van der Waals surface area contributed by atoms with Gasteiger partial charge < -0.3 is 11.5 Å². The normalized spacial score (nSPS) is 17.0. The van der Waals surface area contributed by atoms with Crippen molar-refractivity contribution >= 4 is 17.7 Å². The highest BCUT2D eigenvalue weighted by molar-refractivity contribution is 5.82. The molecule has 0 amide bonds. The molecule has 0 aliphatic heterocycles. The van der Waals surface area contributed by atoms with E-state index in [1.54, 1.807) is 12.3 Å². The lowest BCUT2D eigenvalue weighted by molar-refractivity contribution is 0.684. The van der Waals surface area contributed by atoms with Gasteiger partial charge in [-0.05, 0) is 37.3 Å². The molecule has 0 bridgehead atoms. The Morgan fingerprint density at radius 1 is 1.25 bits per heavy atom. The molecule has 0 radical (unpaired) electrons. The molecule has 1 aliphatic carbocycles. The summed E-state index contributed by atoms with van der Waals surface area (Å²) in [7, 11) is 0. The van der Waals surface area contributed by atoms with Gasteiger partial charge in [0.1, 0.15) is 5.82 Å². The van der Waals surface area contributed by atoms with Crippen molar-refractivity contribution in [1.29, 1.82) is 0 Å². The number of anilines is 1. The first-order chi connectivity index (χ1) is 7.75. The van der Waals surface area contributed by atoms with Crippen molar-refractivity contribution in [3.63, 3.8) is 0 Å². The maximum absolute atomic E-state index is 5.92. The second kappa shape index (κ2) is 4.79. The van der Waals surface area contributed by atoms with Gasteiger partial charge in [0.05, 0.1) is 5.69 Å². The zero-order valence-corrected chi connectivity index (χ0v) is 9.19. The number of hydrogen-bond donors (Lipinski definition) is 2. The maximum atomic E-state index is 5.92. The van der Waals surface area contributed by atoms with E-state index in [0.717, 1.165) is 29.8 Å². The highest BCUT2D eigenvalue weighted by Crippen LogP contribution is 2.21. The third-order valence-corrected chi connectivity index (χ3v) is 2.69. The molecule has 0 fully saturated rings. The first-order valence-corrected chi connectivity index (χ1v) is 5.49. The van der Waals surface area contributed by atoms with Crippen LogP contribution in [-0.4, -0.2) is 11.2 Å². The highest BCUT2D eigenvalue weighted by atomic mass is 14.8. The van der Waals surface area contributed by atoms with Crippen molar-refractivity contribution in [3.8, 4) is 0 Å². The van der Waals surface area contributed by atoms with Crippen LogP contribution in [0.2, 0.25) is 0 Å². The molecule has 0 saturated heterocycles. The molecule has 1 aromatic heterocycles. The molecule has 0 saturated carbocycles. The van der Waals surface area contributed by atoms with Gasteiger partial charge in [0.15, 0.2) is 0 Å². The Hall–Kier alpha value is -1.84. The van der Waals surface area contributed by atoms with Crippen LogP contribution in [0.25, 0.3) is 0 Å². The van der Waals surface area contributed by atoms with Crippen molar-refractivity contribution in [3.05, 3.63) is 29.6 Å². The van der Waals surface area contributed by atoms with Gasteiger partial charge in [-0.3, -0.25) is 4.99 Å². The third-order valence-electron chi connectivity index (χ3n) is 2.69. The van der Waals surface area contributed by atoms with Crippen LogP contribution in [0.1, 0.15) is 25.7 Å². The summed E-state index contributed by atoms with van der Waals surface area (Å²) in [5.41, 5.74) is 14.4. The zero-order chi connectivity index (χ0) is 11.4. The molecule has 0 spiro atoms. The number of hydrogen-bond acceptors (Lipinski definition) is 4. The molecule has 0 aromatic carbocycles. The average Bonchev–Trinajstić information content (AvgIpc) is 2.28. The van der Waals surface area contributed by atoms with Crippen LogP contribution in [0.4, 0.5) is 11.5 Å². The summed E-state index contributed by atoms with van der Waals surface area (Å²) in [6.45, 7) is 0. The number of aromatic nitrogens is 1. The molecule has 2 rings (SSSR count). The lowest BCUT2D eigenvalue weighted by Crippen LogP contribution is -2.08. The second-order valence-electron chi connectivity index (χ2n) is 3.95. The fourth-order valence-electron chi connectivity index (χ4n) is 1.77. The molecule has 1 heterocycles. The minimum Gasteiger partial charge on any atom is -0.402 e. The minimum atomic E-state index is 0.486. The molecule has 1 aromatic rings. The van der Waals surface area contributed by atoms with Gasteiger partial charge in [-0.2, -0.15) is 0 Å². The summed E-state index contributed by atoms with van der Waals surface area (Å²) >= 11 is 0. The van der Waals surface area contributed by atoms with E-state index in [9.17, 15) is 0 Å². The van der Waals surface area contributed by atoms with Gasteiger partial charge >= 0.3 is 0 Å². The minimum absolute atomic E-state index is 0.486. The van der Waals surface area contributed by atoms with Gasteiger partial charge in [-0.1, -0.05) is 0 Å². The van der Waals surface area contributed by atoms with Crippen LogP contribution in [0.3, 0.4) is 0 Å². The Bertz CT molecular complexity index is 434. The van der Waals surface area contributed by atoms with E-state index >= 15 is 0 Å². The molecule has 4 heteroatoms. The van der Waals surface area contributed by atoms with Crippen molar-refractivity contribution in [2.75, 3.05) is 5.73 Å². The van der Waals surface area contributed by atoms with Crippen LogP contribution in [0, 0.1) is 0 Å². The van der Waals surface area contributed by atoms with Gasteiger partial charge in [-0.15, -0.1) is 0 Å². The molecular formula is C12H16N4. The topological polar surface area (TPSA) is 77.3 Å². The summed E-state index contributed by atoms with van der Waals surface area (Å²) in [5, 5.41) is 0. The summed E-state index contributed by atoms with van der Waals surface area (Å²) in [6, 6.07) is 3.57. The first-order valence-electron chi connectivity index (χ1n) is 5.49. The van der Waals surface area contributed by atoms with Crippen LogP contribution < -0.4 is 11.5 Å². The van der Waals surface area contributed by atoms with E-state index in [0.29, 0.717) is 5.82 Å². The number of nitrogens with two attached hydrogens (primary N) is 2. The van der Waals surface area contributed by atoms with Gasteiger partial charge in [0.2, 0.25) is 0 Å². The van der Waals surface area contributed by atoms with E-state index in [1.807, 2.05) is 12.3 Å². The Kier molecular flexibility index (Phi) is 3.19. The summed E-state index contributed by atoms with van der Waals surface area (Å²) in [6.07, 6.45) is 7.89. The van der Waals surface area contributed by atoms with Crippen LogP contribution in [0.5, 0.6) is 0 Å². The fourth-order valence-corrected chi connectivity index (χ4v) is 1.77. The number of allylic oxidation sites excluding steroid dienone is 2. The lowest BCUT2D eigenvalue weighted by Gasteiger charge is -2.13. The number of nitrogen functional groups attached to an aromatic ring is 1. The largest absolute Gasteiger partial charge is 0.402 e. The first kappa shape index (κ1) is 10.7. The van der Waals surface area contributed by atoms with Crippen LogP contribution >= 0.6 is 0 Å². The molecule has 1 aliphatic rings. The Balaban J connectivity index is 2.14. The number of nitrogens with zero attached hydrogens (tertiary/aromatic N) is 2. The highest BCUT2D eigenvalue weighted by Gasteiger charge is 2.07. The number of rotatable bonds is 2. The Morgan fingerprint density at radius 3 is 2.81 bits per heavy atom. The lowest BCUT2D eigenvalue weighted by atomic mass is 9.97. The SMILES string of the molecule is NC1=C(C=Nc2ccnc(N)c2)CCCC1. The van der Waals surface area contributed by atoms with E-state index in [1.165, 1.54) is 12.8 Å². The molecular weight excluding hydrogens is 200 g/mol. The summed E-state index contributed by atoms with van der Waals surface area (Å²) in [4.78, 5) is 8.28. The number of pyridine rings is 1. The van der Waals surface area contributed by atoms with Gasteiger partial charge in [0, 0.05) is 24.2 Å². The smallest absolute Gasteiger partial charge is 0.125 e. The van der Waals surface area contributed by atoms with Crippen LogP contribution in [-0.2, 0) is 0 Å². The molecule has 84 valence electrons. The second-order valence-corrected chi connectivity index (χ2v) is 3.95. The summed E-state index contributed by atoms with van der Waals surface area (Å²) in [5.74, 6) is 0.486. The maximum Gasteiger partial charge on any atom is 0.125 e. The Morgan fingerprint density at radius 2 is 2.06 bits per heavy atom. The predicted molar refractivity (Wildman–Crippen MR) is 66.5 cm³/mol. The van der Waals surface area contributed by atoms with E-state index in [4.69, 9.17) is 11.5 Å². The fraction of sp³-hybridized carbons (Fsp3) is 0.333. The van der Waals surface area contributed by atoms with Crippen LogP contribution in [0.15, 0.2) is 34.6 Å². The zero-order valence-electron chi connectivity index (χ0n) is 9.19.